The molecule has 2 rings (SSSR count). The van der Waals surface area contributed by atoms with Gasteiger partial charge in [-0.2, -0.15) is 0 Å². The molecule has 1 aromatic carbocycles. The summed E-state index contributed by atoms with van der Waals surface area (Å²) < 4.78 is 16.9. The zero-order chi connectivity index (χ0) is 16.5. The van der Waals surface area contributed by atoms with Crippen molar-refractivity contribution in [3.63, 3.8) is 0 Å². The Morgan fingerprint density at radius 2 is 1.68 bits per heavy atom. The summed E-state index contributed by atoms with van der Waals surface area (Å²) in [6.45, 7) is 7.89. The van der Waals surface area contributed by atoms with E-state index in [-0.39, 0.29) is 24.0 Å². The summed E-state index contributed by atoms with van der Waals surface area (Å²) in [5.74, 6) is -0.448. The van der Waals surface area contributed by atoms with Crippen molar-refractivity contribution in [2.45, 2.75) is 51.1 Å². The highest BCUT2D eigenvalue weighted by atomic mass is 16.7. The van der Waals surface area contributed by atoms with Crippen molar-refractivity contribution in [2.24, 2.45) is 0 Å². The normalized spacial score (nSPS) is 20.7. The maximum atomic E-state index is 11.8. The smallest absolute Gasteiger partial charge is 0.466 e. The molecular formula is C16H23BO5. The molecule has 6 heteroatoms. The molecule has 1 fully saturated rings. The van der Waals surface area contributed by atoms with Crippen LogP contribution in [0.3, 0.4) is 0 Å². The van der Waals surface area contributed by atoms with E-state index in [2.05, 4.69) is 0 Å². The average Bonchev–Trinajstić information content (AvgIpc) is 2.65. The topological polar surface area (TPSA) is 65.0 Å². The van der Waals surface area contributed by atoms with Gasteiger partial charge in [0.15, 0.2) is 0 Å². The summed E-state index contributed by atoms with van der Waals surface area (Å²) in [6.07, 6.45) is 0.151. The molecule has 1 saturated heterocycles. The summed E-state index contributed by atoms with van der Waals surface area (Å²) in [5, 5.41) is 9.44. The van der Waals surface area contributed by atoms with E-state index in [1.807, 2.05) is 27.7 Å². The van der Waals surface area contributed by atoms with Gasteiger partial charge in [0.1, 0.15) is 5.75 Å². The van der Waals surface area contributed by atoms with E-state index in [4.69, 9.17) is 14.0 Å². The highest BCUT2D eigenvalue weighted by Crippen LogP contribution is 2.41. The Balaban J connectivity index is 2.29. The fraction of sp³-hybridized carbons (Fsp3) is 0.562. The van der Waals surface area contributed by atoms with Crippen molar-refractivity contribution < 1.29 is 23.9 Å². The van der Waals surface area contributed by atoms with Crippen molar-refractivity contribution in [3.8, 4) is 5.75 Å². The SMILES string of the molecule is COC(=O)CC(B1OC(C)(C)C(C)(C)O1)c1ccc(O)cc1. The first kappa shape index (κ1) is 16.8. The molecule has 0 aromatic heterocycles. The predicted molar refractivity (Wildman–Crippen MR) is 83.6 cm³/mol. The third-order valence-electron chi connectivity index (χ3n) is 4.54. The van der Waals surface area contributed by atoms with Gasteiger partial charge in [-0.05, 0) is 45.4 Å². The van der Waals surface area contributed by atoms with E-state index < -0.39 is 18.3 Å². The summed E-state index contributed by atoms with van der Waals surface area (Å²) in [5.41, 5.74) is -0.0759. The Morgan fingerprint density at radius 3 is 2.14 bits per heavy atom. The first-order chi connectivity index (χ1) is 10.2. The van der Waals surface area contributed by atoms with Crippen LogP contribution in [0.5, 0.6) is 5.75 Å². The number of esters is 1. The van der Waals surface area contributed by atoms with E-state index in [9.17, 15) is 9.90 Å². The third kappa shape index (κ3) is 3.28. The second kappa shape index (κ2) is 5.93. The highest BCUT2D eigenvalue weighted by molar-refractivity contribution is 6.48. The van der Waals surface area contributed by atoms with Gasteiger partial charge in [0.25, 0.3) is 0 Å². The van der Waals surface area contributed by atoms with E-state index in [1.165, 1.54) is 7.11 Å². The van der Waals surface area contributed by atoms with E-state index in [0.29, 0.717) is 0 Å². The zero-order valence-corrected chi connectivity index (χ0v) is 13.8. The van der Waals surface area contributed by atoms with Crippen LogP contribution < -0.4 is 0 Å². The minimum atomic E-state index is -0.548. The third-order valence-corrected chi connectivity index (χ3v) is 4.54. The lowest BCUT2D eigenvalue weighted by molar-refractivity contribution is -0.140. The molecule has 120 valence electrons. The van der Waals surface area contributed by atoms with Gasteiger partial charge in [-0.3, -0.25) is 4.79 Å². The molecule has 0 aliphatic carbocycles. The quantitative estimate of drug-likeness (QED) is 0.684. The Bertz CT molecular complexity index is 522. The summed E-state index contributed by atoms with van der Waals surface area (Å²) in [6, 6.07) is 6.72. The second-order valence-corrected chi connectivity index (χ2v) is 6.60. The second-order valence-electron chi connectivity index (χ2n) is 6.60. The first-order valence-corrected chi connectivity index (χ1v) is 7.37. The lowest BCUT2D eigenvalue weighted by Gasteiger charge is -2.32. The lowest BCUT2D eigenvalue weighted by atomic mass is 9.66. The van der Waals surface area contributed by atoms with Gasteiger partial charge in [-0.1, -0.05) is 12.1 Å². The molecule has 5 nitrogen and oxygen atoms in total. The Kier molecular flexibility index (Phi) is 4.54. The van der Waals surface area contributed by atoms with Crippen molar-refractivity contribution in [1.29, 1.82) is 0 Å². The molecular weight excluding hydrogens is 283 g/mol. The van der Waals surface area contributed by atoms with Gasteiger partial charge in [-0.25, -0.2) is 0 Å². The number of aromatic hydroxyl groups is 1. The van der Waals surface area contributed by atoms with Gasteiger partial charge >= 0.3 is 13.1 Å². The molecule has 0 radical (unpaired) electrons. The number of carbonyl (C=O) groups excluding carboxylic acids is 1. The fourth-order valence-electron chi connectivity index (χ4n) is 2.41. The molecule has 1 heterocycles. The molecule has 0 saturated carbocycles. The lowest BCUT2D eigenvalue weighted by Crippen LogP contribution is -2.41. The van der Waals surface area contributed by atoms with Crippen molar-refractivity contribution in [1.82, 2.24) is 0 Å². The number of hydrogen-bond donors (Lipinski definition) is 1. The number of carbonyl (C=O) groups is 1. The predicted octanol–water partition coefficient (Wildman–Crippen LogP) is 2.67. The number of phenols is 1. The fourth-order valence-corrected chi connectivity index (χ4v) is 2.41. The van der Waals surface area contributed by atoms with Gasteiger partial charge in [0.2, 0.25) is 0 Å². The van der Waals surface area contributed by atoms with Crippen LogP contribution in [-0.4, -0.2) is 36.5 Å². The molecule has 1 aliphatic heterocycles. The Hall–Kier alpha value is -1.53. The van der Waals surface area contributed by atoms with Crippen LogP contribution in [0.2, 0.25) is 0 Å². The molecule has 1 aromatic rings. The number of rotatable bonds is 4. The van der Waals surface area contributed by atoms with E-state index in [0.717, 1.165) is 5.56 Å². The number of benzene rings is 1. The van der Waals surface area contributed by atoms with E-state index >= 15 is 0 Å². The summed E-state index contributed by atoms with van der Waals surface area (Å²) in [7, 11) is 0.814. The first-order valence-electron chi connectivity index (χ1n) is 7.37. The van der Waals surface area contributed by atoms with Gasteiger partial charge in [0, 0.05) is 5.82 Å². The van der Waals surface area contributed by atoms with Gasteiger partial charge in [0.05, 0.1) is 24.7 Å². The minimum absolute atomic E-state index is 0.151. The molecule has 22 heavy (non-hydrogen) atoms. The van der Waals surface area contributed by atoms with Crippen molar-refractivity contribution in [3.05, 3.63) is 29.8 Å². The number of methoxy groups -OCH3 is 1. The largest absolute Gasteiger partial charge is 0.508 e. The molecule has 0 amide bonds. The molecule has 1 unspecified atom stereocenters. The zero-order valence-electron chi connectivity index (χ0n) is 13.8. The number of hydrogen-bond acceptors (Lipinski definition) is 5. The van der Waals surface area contributed by atoms with Crippen molar-refractivity contribution >= 4 is 13.1 Å². The molecule has 1 N–H and O–H groups in total. The van der Waals surface area contributed by atoms with Crippen LogP contribution in [0.1, 0.15) is 45.5 Å². The van der Waals surface area contributed by atoms with Crippen LogP contribution in [0.15, 0.2) is 24.3 Å². The van der Waals surface area contributed by atoms with Crippen LogP contribution >= 0.6 is 0 Å². The maximum absolute atomic E-state index is 11.8. The van der Waals surface area contributed by atoms with Crippen LogP contribution in [0.4, 0.5) is 0 Å². The standard InChI is InChI=1S/C16H23BO5/c1-15(2)16(3,4)22-17(21-15)13(10-14(19)20-5)11-6-8-12(18)9-7-11/h6-9,13,18H,10H2,1-5H3. The Morgan fingerprint density at radius 1 is 1.18 bits per heavy atom. The monoisotopic (exact) mass is 306 g/mol. The Labute approximate surface area is 131 Å². The van der Waals surface area contributed by atoms with Gasteiger partial charge < -0.3 is 19.2 Å². The van der Waals surface area contributed by atoms with Crippen LogP contribution in [0.25, 0.3) is 0 Å². The summed E-state index contributed by atoms with van der Waals surface area (Å²) in [4.78, 5) is 11.8. The number of ether oxygens (including phenoxy) is 1. The highest BCUT2D eigenvalue weighted by Gasteiger charge is 2.54. The van der Waals surface area contributed by atoms with Gasteiger partial charge in [-0.15, -0.1) is 0 Å². The molecule has 1 aliphatic rings. The molecule has 1 atom stereocenters. The van der Waals surface area contributed by atoms with Crippen molar-refractivity contribution in [2.75, 3.05) is 7.11 Å². The summed E-state index contributed by atoms with van der Waals surface area (Å²) >= 11 is 0. The average molecular weight is 306 g/mol. The maximum Gasteiger partial charge on any atom is 0.466 e. The molecule has 0 spiro atoms. The minimum Gasteiger partial charge on any atom is -0.508 e. The van der Waals surface area contributed by atoms with Crippen LogP contribution in [0, 0.1) is 0 Å². The number of phenolic OH excluding ortho intramolecular Hbond substituents is 1. The van der Waals surface area contributed by atoms with Crippen LogP contribution in [-0.2, 0) is 18.8 Å². The molecule has 0 bridgehead atoms. The van der Waals surface area contributed by atoms with E-state index in [1.54, 1.807) is 24.3 Å².